The molecule has 2 rings (SSSR count). The number of nitrogens with one attached hydrogen (secondary N) is 1. The Morgan fingerprint density at radius 3 is 2.71 bits per heavy atom. The van der Waals surface area contributed by atoms with Gasteiger partial charge in [0.1, 0.15) is 0 Å². The van der Waals surface area contributed by atoms with Crippen molar-refractivity contribution in [1.29, 1.82) is 0 Å². The first-order chi connectivity index (χ1) is 8.33. The summed E-state index contributed by atoms with van der Waals surface area (Å²) in [6, 6.07) is 14.9. The number of hydrogen-bond donors (Lipinski definition) is 1. The van der Waals surface area contributed by atoms with E-state index in [-0.39, 0.29) is 12.7 Å². The Morgan fingerprint density at radius 1 is 1.12 bits per heavy atom. The molecule has 0 radical (unpaired) electrons. The summed E-state index contributed by atoms with van der Waals surface area (Å²) < 4.78 is 12.1. The molecule has 1 nitrogen and oxygen atoms in total. The Balaban J connectivity index is 2.22. The van der Waals surface area contributed by atoms with E-state index in [1.54, 1.807) is 0 Å². The van der Waals surface area contributed by atoms with Gasteiger partial charge in [-0.15, -0.1) is 0 Å². The lowest BCUT2D eigenvalue weighted by molar-refractivity contribution is 0.446. The van der Waals surface area contributed by atoms with Gasteiger partial charge in [0.15, 0.2) is 0 Å². The number of rotatable bonds is 5. The molecule has 2 heteroatoms. The van der Waals surface area contributed by atoms with Crippen molar-refractivity contribution in [2.24, 2.45) is 0 Å². The van der Waals surface area contributed by atoms with Gasteiger partial charge >= 0.3 is 0 Å². The predicted octanol–water partition coefficient (Wildman–Crippen LogP) is 3.85. The van der Waals surface area contributed by atoms with Crippen LogP contribution in [0.3, 0.4) is 0 Å². The third-order valence-electron chi connectivity index (χ3n) is 3.05. The Labute approximate surface area is 102 Å². The summed E-state index contributed by atoms with van der Waals surface area (Å²) in [7, 11) is 0. The molecule has 0 bridgehead atoms. The minimum Gasteiger partial charge on any atom is -0.310 e. The fraction of sp³-hybridized carbons (Fsp3) is 0.333. The smallest absolute Gasteiger partial charge is 0.0906 e. The first-order valence-corrected chi connectivity index (χ1v) is 6.10. The Kier molecular flexibility index (Phi) is 4.10. The molecule has 0 unspecified atom stereocenters. The maximum absolute atomic E-state index is 12.1. The molecule has 17 heavy (non-hydrogen) atoms. The minimum absolute atomic E-state index is 0.255. The second-order valence-corrected chi connectivity index (χ2v) is 4.29. The number of halogens is 1. The third kappa shape index (κ3) is 2.83. The number of benzene rings is 2. The summed E-state index contributed by atoms with van der Waals surface area (Å²) in [5.74, 6) is 0. The van der Waals surface area contributed by atoms with Crippen LogP contribution < -0.4 is 5.32 Å². The van der Waals surface area contributed by atoms with Crippen LogP contribution in [0.1, 0.15) is 24.9 Å². The number of fused-ring (bicyclic) bond motifs is 1. The standard InChI is InChI=1S/C15H18FN/c1-12(17-11-5-10-16)14-9-4-7-13-6-2-3-8-15(13)14/h2-4,6-9,12,17H,5,10-11H2,1H3/t12-/m1/s1. The van der Waals surface area contributed by atoms with E-state index in [0.717, 1.165) is 6.54 Å². The van der Waals surface area contributed by atoms with E-state index < -0.39 is 0 Å². The van der Waals surface area contributed by atoms with Gasteiger partial charge in [-0.2, -0.15) is 0 Å². The Bertz CT molecular complexity index is 476. The largest absolute Gasteiger partial charge is 0.310 e. The van der Waals surface area contributed by atoms with Crippen LogP contribution in [0.15, 0.2) is 42.5 Å². The first kappa shape index (κ1) is 12.1. The zero-order valence-corrected chi connectivity index (χ0v) is 10.1. The molecule has 0 fully saturated rings. The summed E-state index contributed by atoms with van der Waals surface area (Å²) in [6.07, 6.45) is 0.578. The monoisotopic (exact) mass is 231 g/mol. The summed E-state index contributed by atoms with van der Waals surface area (Å²) in [5.41, 5.74) is 1.28. The summed E-state index contributed by atoms with van der Waals surface area (Å²) in [5, 5.41) is 5.88. The van der Waals surface area contributed by atoms with Crippen molar-refractivity contribution in [1.82, 2.24) is 5.32 Å². The zero-order chi connectivity index (χ0) is 12.1. The molecule has 0 aliphatic carbocycles. The van der Waals surface area contributed by atoms with Crippen molar-refractivity contribution in [3.8, 4) is 0 Å². The fourth-order valence-corrected chi connectivity index (χ4v) is 2.12. The second-order valence-electron chi connectivity index (χ2n) is 4.29. The van der Waals surface area contributed by atoms with Crippen LogP contribution in [-0.4, -0.2) is 13.2 Å². The maximum atomic E-state index is 12.1. The van der Waals surface area contributed by atoms with Crippen molar-refractivity contribution < 1.29 is 4.39 Å². The third-order valence-corrected chi connectivity index (χ3v) is 3.05. The lowest BCUT2D eigenvalue weighted by Crippen LogP contribution is -2.20. The maximum Gasteiger partial charge on any atom is 0.0906 e. The molecular formula is C15H18FN. The van der Waals surface area contributed by atoms with Gasteiger partial charge < -0.3 is 5.32 Å². The molecule has 2 aromatic carbocycles. The normalized spacial score (nSPS) is 12.8. The van der Waals surface area contributed by atoms with Crippen LogP contribution in [0.25, 0.3) is 10.8 Å². The van der Waals surface area contributed by atoms with Crippen molar-refractivity contribution in [2.75, 3.05) is 13.2 Å². The van der Waals surface area contributed by atoms with E-state index in [1.807, 2.05) is 6.07 Å². The highest BCUT2D eigenvalue weighted by atomic mass is 19.1. The minimum atomic E-state index is -0.255. The van der Waals surface area contributed by atoms with E-state index in [1.165, 1.54) is 16.3 Å². The second kappa shape index (κ2) is 5.78. The number of hydrogen-bond acceptors (Lipinski definition) is 1. The van der Waals surface area contributed by atoms with Crippen molar-refractivity contribution in [3.63, 3.8) is 0 Å². The van der Waals surface area contributed by atoms with E-state index in [2.05, 4.69) is 48.6 Å². The number of alkyl halides is 1. The van der Waals surface area contributed by atoms with Gasteiger partial charge in [0.25, 0.3) is 0 Å². The van der Waals surface area contributed by atoms with Crippen LogP contribution in [0.5, 0.6) is 0 Å². The van der Waals surface area contributed by atoms with Gasteiger partial charge in [0.2, 0.25) is 0 Å². The van der Waals surface area contributed by atoms with E-state index in [0.29, 0.717) is 6.42 Å². The summed E-state index contributed by atoms with van der Waals surface area (Å²) in [4.78, 5) is 0. The van der Waals surface area contributed by atoms with Crippen LogP contribution in [-0.2, 0) is 0 Å². The molecule has 0 amide bonds. The van der Waals surface area contributed by atoms with Gasteiger partial charge in [-0.05, 0) is 36.2 Å². The molecule has 0 saturated carbocycles. The molecule has 0 aliphatic rings. The Morgan fingerprint density at radius 2 is 1.88 bits per heavy atom. The molecular weight excluding hydrogens is 213 g/mol. The molecule has 90 valence electrons. The van der Waals surface area contributed by atoms with Crippen LogP contribution in [0, 0.1) is 0 Å². The van der Waals surface area contributed by atoms with Gasteiger partial charge in [-0.3, -0.25) is 4.39 Å². The molecule has 0 heterocycles. The SMILES string of the molecule is C[C@@H](NCCCF)c1cccc2ccccc12. The van der Waals surface area contributed by atoms with Crippen LogP contribution >= 0.6 is 0 Å². The zero-order valence-electron chi connectivity index (χ0n) is 10.1. The lowest BCUT2D eigenvalue weighted by Gasteiger charge is -2.16. The molecule has 0 saturated heterocycles. The van der Waals surface area contributed by atoms with Gasteiger partial charge in [-0.25, -0.2) is 0 Å². The van der Waals surface area contributed by atoms with Crippen LogP contribution in [0.2, 0.25) is 0 Å². The highest BCUT2D eigenvalue weighted by Gasteiger charge is 2.07. The van der Waals surface area contributed by atoms with Crippen LogP contribution in [0.4, 0.5) is 4.39 Å². The van der Waals surface area contributed by atoms with Gasteiger partial charge in [0.05, 0.1) is 6.67 Å². The molecule has 1 N–H and O–H groups in total. The summed E-state index contributed by atoms with van der Waals surface area (Å²) >= 11 is 0. The fourth-order valence-electron chi connectivity index (χ4n) is 2.12. The molecule has 0 spiro atoms. The average Bonchev–Trinajstić information content (AvgIpc) is 2.38. The molecule has 2 aromatic rings. The molecule has 0 aromatic heterocycles. The van der Waals surface area contributed by atoms with Crippen molar-refractivity contribution in [2.45, 2.75) is 19.4 Å². The first-order valence-electron chi connectivity index (χ1n) is 6.10. The molecule has 0 aliphatic heterocycles. The van der Waals surface area contributed by atoms with Gasteiger partial charge in [0, 0.05) is 6.04 Å². The summed E-state index contributed by atoms with van der Waals surface area (Å²) in [6.45, 7) is 2.59. The quantitative estimate of drug-likeness (QED) is 0.771. The average molecular weight is 231 g/mol. The Hall–Kier alpha value is -1.41. The van der Waals surface area contributed by atoms with Gasteiger partial charge in [-0.1, -0.05) is 42.5 Å². The lowest BCUT2D eigenvalue weighted by atomic mass is 10.00. The molecule has 1 atom stereocenters. The highest BCUT2D eigenvalue weighted by Crippen LogP contribution is 2.23. The van der Waals surface area contributed by atoms with E-state index in [4.69, 9.17) is 0 Å². The van der Waals surface area contributed by atoms with E-state index >= 15 is 0 Å². The van der Waals surface area contributed by atoms with Crippen molar-refractivity contribution >= 4 is 10.8 Å². The predicted molar refractivity (Wildman–Crippen MR) is 71.0 cm³/mol. The topological polar surface area (TPSA) is 12.0 Å². The van der Waals surface area contributed by atoms with Crippen molar-refractivity contribution in [3.05, 3.63) is 48.0 Å². The highest BCUT2D eigenvalue weighted by molar-refractivity contribution is 5.86. The van der Waals surface area contributed by atoms with E-state index in [9.17, 15) is 4.39 Å².